The van der Waals surface area contributed by atoms with Gasteiger partial charge in [-0.05, 0) is 24.8 Å². The first-order valence-corrected chi connectivity index (χ1v) is 7.34. The van der Waals surface area contributed by atoms with Crippen molar-refractivity contribution in [2.75, 3.05) is 19.0 Å². The summed E-state index contributed by atoms with van der Waals surface area (Å²) in [7, 11) is 3.77. The van der Waals surface area contributed by atoms with Crippen LogP contribution in [0.3, 0.4) is 0 Å². The summed E-state index contributed by atoms with van der Waals surface area (Å²) in [6.45, 7) is 4.14. The van der Waals surface area contributed by atoms with Gasteiger partial charge in [0.05, 0.1) is 0 Å². The van der Waals surface area contributed by atoms with E-state index in [1.54, 1.807) is 0 Å². The minimum atomic E-state index is -0.0794. The lowest BCUT2D eigenvalue weighted by molar-refractivity contribution is 0.0932. The third-order valence-corrected chi connectivity index (χ3v) is 3.65. The van der Waals surface area contributed by atoms with Gasteiger partial charge in [-0.15, -0.1) is 0 Å². The molecule has 0 saturated heterocycles. The first-order valence-electron chi connectivity index (χ1n) is 7.34. The highest BCUT2D eigenvalue weighted by molar-refractivity contribution is 5.92. The van der Waals surface area contributed by atoms with Crippen LogP contribution in [0.1, 0.15) is 61.6 Å². The largest absolute Gasteiger partial charge is 0.348 e. The lowest BCUT2D eigenvalue weighted by Gasteiger charge is -2.16. The zero-order valence-corrected chi connectivity index (χ0v) is 12.8. The molecule has 1 N–H and O–H groups in total. The second-order valence-corrected chi connectivity index (χ2v) is 5.98. The lowest BCUT2D eigenvalue weighted by atomic mass is 10.1. The summed E-state index contributed by atoms with van der Waals surface area (Å²) in [5, 5.41) is 3.08. The van der Waals surface area contributed by atoms with E-state index >= 15 is 0 Å². The lowest BCUT2D eigenvalue weighted by Crippen LogP contribution is -2.33. The number of hydrogen-bond donors (Lipinski definition) is 1. The summed E-state index contributed by atoms with van der Waals surface area (Å²) in [6, 6.07) is 2.12. The smallest absolute Gasteiger partial charge is 0.270 e. The first kappa shape index (κ1) is 14.8. The van der Waals surface area contributed by atoms with Crippen LogP contribution in [0.2, 0.25) is 0 Å². The van der Waals surface area contributed by atoms with E-state index in [9.17, 15) is 4.79 Å². The zero-order chi connectivity index (χ0) is 14.7. The Morgan fingerprint density at radius 1 is 1.30 bits per heavy atom. The van der Waals surface area contributed by atoms with Crippen molar-refractivity contribution < 1.29 is 4.79 Å². The van der Waals surface area contributed by atoms with E-state index < -0.39 is 0 Å². The number of aromatic nitrogens is 2. The Bertz CT molecular complexity index is 453. The Morgan fingerprint density at radius 2 is 1.95 bits per heavy atom. The molecule has 5 nitrogen and oxygen atoms in total. The van der Waals surface area contributed by atoms with Gasteiger partial charge >= 0.3 is 0 Å². The average molecular weight is 276 g/mol. The molecule has 1 aliphatic rings. The van der Waals surface area contributed by atoms with Gasteiger partial charge in [-0.25, -0.2) is 9.97 Å². The van der Waals surface area contributed by atoms with Gasteiger partial charge in [0.25, 0.3) is 5.91 Å². The molecule has 0 radical (unpaired) electrons. The van der Waals surface area contributed by atoms with E-state index in [0.717, 1.165) is 18.5 Å². The number of carbonyl (C=O) groups is 1. The first-order chi connectivity index (χ1) is 9.47. The number of hydrogen-bond acceptors (Lipinski definition) is 4. The number of amides is 1. The van der Waals surface area contributed by atoms with E-state index in [4.69, 9.17) is 0 Å². The van der Waals surface area contributed by atoms with Gasteiger partial charge in [-0.2, -0.15) is 0 Å². The Hall–Kier alpha value is -1.65. The molecule has 0 atom stereocenters. The number of anilines is 1. The number of nitrogens with one attached hydrogen (secondary N) is 1. The maximum absolute atomic E-state index is 12.3. The van der Waals surface area contributed by atoms with E-state index in [2.05, 4.69) is 29.1 Å². The maximum Gasteiger partial charge on any atom is 0.270 e. The molecule has 110 valence electrons. The average Bonchev–Trinajstić information content (AvgIpc) is 2.90. The number of nitrogens with zero attached hydrogens (tertiary/aromatic N) is 3. The van der Waals surface area contributed by atoms with E-state index in [1.165, 1.54) is 12.8 Å². The number of rotatable bonds is 4. The topological polar surface area (TPSA) is 58.1 Å². The Labute approximate surface area is 120 Å². The Morgan fingerprint density at radius 3 is 2.50 bits per heavy atom. The molecule has 0 spiro atoms. The van der Waals surface area contributed by atoms with Gasteiger partial charge in [-0.1, -0.05) is 26.7 Å². The van der Waals surface area contributed by atoms with Crippen molar-refractivity contribution in [1.82, 2.24) is 15.3 Å². The van der Waals surface area contributed by atoms with Gasteiger partial charge in [0.15, 0.2) is 0 Å². The molecule has 0 unspecified atom stereocenters. The minimum absolute atomic E-state index is 0.0794. The molecule has 2 rings (SSSR count). The monoisotopic (exact) mass is 276 g/mol. The summed E-state index contributed by atoms with van der Waals surface area (Å²) < 4.78 is 0. The van der Waals surface area contributed by atoms with Crippen LogP contribution in [0.25, 0.3) is 0 Å². The molecule has 1 aliphatic carbocycles. The summed E-state index contributed by atoms with van der Waals surface area (Å²) in [4.78, 5) is 23.0. The molecule has 0 aromatic carbocycles. The number of carbonyl (C=O) groups excluding carboxylic acids is 1. The molecule has 1 amide bonds. The maximum atomic E-state index is 12.3. The molecule has 0 aliphatic heterocycles. The summed E-state index contributed by atoms with van der Waals surface area (Å²) in [5.74, 6) is 0.784. The highest BCUT2D eigenvalue weighted by Gasteiger charge is 2.20. The standard InChI is InChI=1S/C15H24N4O/c1-10(2)12-9-13(18-15(17-12)19(3)4)14(20)16-11-7-5-6-8-11/h9-11H,5-8H2,1-4H3,(H,16,20). The SMILES string of the molecule is CC(C)c1cc(C(=O)NC2CCCC2)nc(N(C)C)n1. The Balaban J connectivity index is 2.22. The molecule has 1 fully saturated rings. The van der Waals surface area contributed by atoms with Gasteiger partial charge < -0.3 is 10.2 Å². The zero-order valence-electron chi connectivity index (χ0n) is 12.8. The van der Waals surface area contributed by atoms with Crippen LogP contribution >= 0.6 is 0 Å². The minimum Gasteiger partial charge on any atom is -0.348 e. The molecular formula is C15H24N4O. The summed E-state index contributed by atoms with van der Waals surface area (Å²) >= 11 is 0. The fourth-order valence-electron chi connectivity index (χ4n) is 2.39. The molecule has 1 aromatic rings. The molecule has 1 aromatic heterocycles. The van der Waals surface area contributed by atoms with Crippen molar-refractivity contribution in [3.63, 3.8) is 0 Å². The molecule has 1 heterocycles. The van der Waals surface area contributed by atoms with Gasteiger partial charge in [0.1, 0.15) is 5.69 Å². The van der Waals surface area contributed by atoms with Crippen LogP contribution < -0.4 is 10.2 Å². The van der Waals surface area contributed by atoms with Crippen LogP contribution in [0, 0.1) is 0 Å². The van der Waals surface area contributed by atoms with Gasteiger partial charge in [-0.3, -0.25) is 4.79 Å². The van der Waals surface area contributed by atoms with Crippen LogP contribution in [0.15, 0.2) is 6.07 Å². The summed E-state index contributed by atoms with van der Waals surface area (Å²) in [5.41, 5.74) is 1.37. The highest BCUT2D eigenvalue weighted by Crippen LogP contribution is 2.19. The fraction of sp³-hybridized carbons (Fsp3) is 0.667. The molecule has 20 heavy (non-hydrogen) atoms. The molecule has 5 heteroatoms. The van der Waals surface area contributed by atoms with Gasteiger partial charge in [0, 0.05) is 25.8 Å². The predicted octanol–water partition coefficient (Wildman–Crippen LogP) is 2.34. The molecule has 1 saturated carbocycles. The van der Waals surface area contributed by atoms with Crippen LogP contribution in [-0.2, 0) is 0 Å². The third-order valence-electron chi connectivity index (χ3n) is 3.65. The second kappa shape index (κ2) is 6.20. The fourth-order valence-corrected chi connectivity index (χ4v) is 2.39. The van der Waals surface area contributed by atoms with Crippen LogP contribution in [-0.4, -0.2) is 36.0 Å². The van der Waals surface area contributed by atoms with Crippen LogP contribution in [0.5, 0.6) is 0 Å². The van der Waals surface area contributed by atoms with Crippen molar-refractivity contribution in [2.24, 2.45) is 0 Å². The third kappa shape index (κ3) is 3.46. The Kier molecular flexibility index (Phi) is 4.57. The predicted molar refractivity (Wildman–Crippen MR) is 80.2 cm³/mol. The van der Waals surface area contributed by atoms with E-state index in [0.29, 0.717) is 17.7 Å². The van der Waals surface area contributed by atoms with Crippen LogP contribution in [0.4, 0.5) is 5.95 Å². The van der Waals surface area contributed by atoms with Crippen molar-refractivity contribution in [3.05, 3.63) is 17.5 Å². The summed E-state index contributed by atoms with van der Waals surface area (Å²) in [6.07, 6.45) is 4.56. The quantitative estimate of drug-likeness (QED) is 0.917. The van der Waals surface area contributed by atoms with Crippen molar-refractivity contribution >= 4 is 11.9 Å². The van der Waals surface area contributed by atoms with E-state index in [-0.39, 0.29) is 11.8 Å². The van der Waals surface area contributed by atoms with E-state index in [1.807, 2.05) is 25.1 Å². The van der Waals surface area contributed by atoms with Crippen molar-refractivity contribution in [1.29, 1.82) is 0 Å². The molecular weight excluding hydrogens is 252 g/mol. The van der Waals surface area contributed by atoms with Crippen molar-refractivity contribution in [2.45, 2.75) is 51.5 Å². The second-order valence-electron chi connectivity index (χ2n) is 5.98. The normalized spacial score (nSPS) is 15.7. The molecule has 0 bridgehead atoms. The highest BCUT2D eigenvalue weighted by atomic mass is 16.1. The van der Waals surface area contributed by atoms with Crippen molar-refractivity contribution in [3.8, 4) is 0 Å². The van der Waals surface area contributed by atoms with Gasteiger partial charge in [0.2, 0.25) is 5.95 Å².